The highest BCUT2D eigenvalue weighted by Gasteiger charge is 2.11. The second kappa shape index (κ2) is 7.98. The predicted octanol–water partition coefficient (Wildman–Crippen LogP) is 4.80. The molecule has 26 heavy (non-hydrogen) atoms. The van der Waals surface area contributed by atoms with Crippen molar-refractivity contribution in [2.45, 2.75) is 6.61 Å². The van der Waals surface area contributed by atoms with Gasteiger partial charge in [-0.3, -0.25) is 5.32 Å². The fourth-order valence-corrected chi connectivity index (χ4v) is 2.53. The number of hydrogen-bond acceptors (Lipinski definition) is 3. The number of nitrogens with one attached hydrogen (secondary N) is 1. The largest absolute Gasteiger partial charge is 0.478 e. The molecule has 1 amide bonds. The van der Waals surface area contributed by atoms with E-state index in [2.05, 4.69) is 5.32 Å². The van der Waals surface area contributed by atoms with Crippen molar-refractivity contribution in [2.24, 2.45) is 0 Å². The second-order valence-electron chi connectivity index (χ2n) is 5.61. The van der Waals surface area contributed by atoms with Crippen LogP contribution in [-0.4, -0.2) is 17.2 Å². The van der Waals surface area contributed by atoms with Gasteiger partial charge in [0, 0.05) is 5.69 Å². The van der Waals surface area contributed by atoms with E-state index in [-0.39, 0.29) is 12.2 Å². The fraction of sp³-hybridized carbons (Fsp3) is 0.0476. The number of carboxylic acids is 1. The lowest BCUT2D eigenvalue weighted by molar-refractivity contribution is 0.0697. The van der Waals surface area contributed by atoms with E-state index < -0.39 is 12.1 Å². The summed E-state index contributed by atoms with van der Waals surface area (Å²) >= 11 is 0. The third-order valence-corrected chi connectivity index (χ3v) is 3.81. The summed E-state index contributed by atoms with van der Waals surface area (Å²) in [4.78, 5) is 23.2. The zero-order valence-corrected chi connectivity index (χ0v) is 13.9. The van der Waals surface area contributed by atoms with Crippen molar-refractivity contribution < 1.29 is 19.4 Å². The SMILES string of the molecule is O=C(Nc1ccc(-c2ccccc2C(=O)O)cc1)OCc1ccccc1. The molecule has 5 heteroatoms. The highest BCUT2D eigenvalue weighted by atomic mass is 16.5. The summed E-state index contributed by atoms with van der Waals surface area (Å²) in [7, 11) is 0. The van der Waals surface area contributed by atoms with E-state index in [1.165, 1.54) is 0 Å². The third-order valence-electron chi connectivity index (χ3n) is 3.81. The van der Waals surface area contributed by atoms with Crippen LogP contribution in [0.5, 0.6) is 0 Å². The summed E-state index contributed by atoms with van der Waals surface area (Å²) in [6, 6.07) is 23.1. The van der Waals surface area contributed by atoms with E-state index in [1.54, 1.807) is 48.5 Å². The second-order valence-corrected chi connectivity index (χ2v) is 5.61. The first-order valence-corrected chi connectivity index (χ1v) is 8.04. The van der Waals surface area contributed by atoms with E-state index in [0.29, 0.717) is 11.3 Å². The van der Waals surface area contributed by atoms with Crippen LogP contribution in [0.25, 0.3) is 11.1 Å². The van der Waals surface area contributed by atoms with Crippen molar-refractivity contribution in [3.63, 3.8) is 0 Å². The van der Waals surface area contributed by atoms with Crippen molar-refractivity contribution in [2.75, 3.05) is 5.32 Å². The van der Waals surface area contributed by atoms with Crippen molar-refractivity contribution in [1.29, 1.82) is 0 Å². The van der Waals surface area contributed by atoms with E-state index in [0.717, 1.165) is 11.1 Å². The van der Waals surface area contributed by atoms with Gasteiger partial charge in [0.1, 0.15) is 6.61 Å². The number of hydrogen-bond donors (Lipinski definition) is 2. The van der Waals surface area contributed by atoms with Crippen molar-refractivity contribution in [3.8, 4) is 11.1 Å². The van der Waals surface area contributed by atoms with Gasteiger partial charge in [0.15, 0.2) is 0 Å². The Morgan fingerprint density at radius 2 is 1.50 bits per heavy atom. The molecule has 0 spiro atoms. The summed E-state index contributed by atoms with van der Waals surface area (Å²) < 4.78 is 5.17. The molecule has 0 aliphatic rings. The normalized spacial score (nSPS) is 10.2. The summed E-state index contributed by atoms with van der Waals surface area (Å²) in [5.41, 5.74) is 3.09. The molecule has 3 aromatic carbocycles. The maximum Gasteiger partial charge on any atom is 0.411 e. The van der Waals surface area contributed by atoms with Crippen molar-refractivity contribution in [3.05, 3.63) is 90.0 Å². The molecule has 0 radical (unpaired) electrons. The quantitative estimate of drug-likeness (QED) is 0.695. The zero-order valence-electron chi connectivity index (χ0n) is 13.9. The Labute approximate surface area is 150 Å². The van der Waals surface area contributed by atoms with Crippen molar-refractivity contribution in [1.82, 2.24) is 0 Å². The van der Waals surface area contributed by atoms with Gasteiger partial charge in [0.25, 0.3) is 0 Å². The van der Waals surface area contributed by atoms with Crippen LogP contribution in [0.1, 0.15) is 15.9 Å². The minimum absolute atomic E-state index is 0.191. The first kappa shape index (κ1) is 17.2. The zero-order chi connectivity index (χ0) is 18.4. The molecule has 0 atom stereocenters. The van der Waals surface area contributed by atoms with E-state index in [9.17, 15) is 14.7 Å². The summed E-state index contributed by atoms with van der Waals surface area (Å²) in [6.07, 6.45) is -0.549. The Morgan fingerprint density at radius 1 is 0.846 bits per heavy atom. The maximum atomic E-state index is 11.9. The van der Waals surface area contributed by atoms with Crippen LogP contribution in [0, 0.1) is 0 Å². The number of ether oxygens (including phenoxy) is 1. The van der Waals surface area contributed by atoms with Gasteiger partial charge in [-0.15, -0.1) is 0 Å². The molecule has 0 bridgehead atoms. The molecule has 2 N–H and O–H groups in total. The first-order chi connectivity index (χ1) is 12.6. The van der Waals surface area contributed by atoms with Crippen LogP contribution in [0.2, 0.25) is 0 Å². The molecule has 3 aromatic rings. The Bertz CT molecular complexity index is 905. The molecular weight excluding hydrogens is 330 g/mol. The van der Waals surface area contributed by atoms with Gasteiger partial charge in [-0.05, 0) is 34.9 Å². The molecule has 130 valence electrons. The van der Waals surface area contributed by atoms with Crippen LogP contribution in [0.3, 0.4) is 0 Å². The highest BCUT2D eigenvalue weighted by molar-refractivity contribution is 5.96. The number of amides is 1. The molecule has 0 fully saturated rings. The summed E-state index contributed by atoms with van der Waals surface area (Å²) in [5, 5.41) is 11.9. The molecule has 0 unspecified atom stereocenters. The molecule has 0 aliphatic carbocycles. The summed E-state index contributed by atoms with van der Waals surface area (Å²) in [5.74, 6) is -0.979. The minimum Gasteiger partial charge on any atom is -0.478 e. The number of carboxylic acid groups (broad SMARTS) is 1. The minimum atomic E-state index is -0.979. The standard InChI is InChI=1S/C21H17NO4/c23-20(24)19-9-5-4-8-18(19)16-10-12-17(13-11-16)22-21(25)26-14-15-6-2-1-3-7-15/h1-13H,14H2,(H,22,25)(H,23,24). The smallest absolute Gasteiger partial charge is 0.411 e. The molecule has 0 aliphatic heterocycles. The van der Waals surface area contributed by atoms with E-state index in [1.807, 2.05) is 30.3 Å². The molecule has 3 rings (SSSR count). The topological polar surface area (TPSA) is 75.6 Å². The lowest BCUT2D eigenvalue weighted by Gasteiger charge is -2.09. The highest BCUT2D eigenvalue weighted by Crippen LogP contribution is 2.25. The number of carbonyl (C=O) groups excluding carboxylic acids is 1. The van der Waals surface area contributed by atoms with Crippen LogP contribution in [0.15, 0.2) is 78.9 Å². The van der Waals surface area contributed by atoms with Gasteiger partial charge in [0.2, 0.25) is 0 Å². The number of aromatic carboxylic acids is 1. The Balaban J connectivity index is 1.65. The molecule has 0 aromatic heterocycles. The molecule has 0 saturated heterocycles. The molecule has 0 heterocycles. The van der Waals surface area contributed by atoms with Gasteiger partial charge in [-0.2, -0.15) is 0 Å². The number of carbonyl (C=O) groups is 2. The maximum absolute atomic E-state index is 11.9. The fourth-order valence-electron chi connectivity index (χ4n) is 2.53. The molecule has 0 saturated carbocycles. The van der Waals surface area contributed by atoms with Crippen LogP contribution >= 0.6 is 0 Å². The van der Waals surface area contributed by atoms with Gasteiger partial charge >= 0.3 is 12.1 Å². The average molecular weight is 347 g/mol. The van der Waals surface area contributed by atoms with Crippen LogP contribution < -0.4 is 5.32 Å². The Hall–Kier alpha value is -3.60. The Morgan fingerprint density at radius 3 is 2.19 bits per heavy atom. The average Bonchev–Trinajstić information content (AvgIpc) is 2.68. The van der Waals surface area contributed by atoms with Crippen molar-refractivity contribution >= 4 is 17.7 Å². The number of anilines is 1. The lowest BCUT2D eigenvalue weighted by Crippen LogP contribution is -2.13. The van der Waals surface area contributed by atoms with E-state index in [4.69, 9.17) is 4.74 Å². The van der Waals surface area contributed by atoms with Gasteiger partial charge in [-0.25, -0.2) is 9.59 Å². The predicted molar refractivity (Wildman–Crippen MR) is 99.1 cm³/mol. The number of rotatable bonds is 5. The lowest BCUT2D eigenvalue weighted by atomic mass is 9.99. The van der Waals surface area contributed by atoms with E-state index >= 15 is 0 Å². The number of benzene rings is 3. The van der Waals surface area contributed by atoms with Gasteiger partial charge in [0.05, 0.1) is 5.56 Å². The molecular formula is C21H17NO4. The summed E-state index contributed by atoms with van der Waals surface area (Å²) in [6.45, 7) is 0.191. The van der Waals surface area contributed by atoms with Gasteiger partial charge in [-0.1, -0.05) is 60.7 Å². The van der Waals surface area contributed by atoms with Gasteiger partial charge < -0.3 is 9.84 Å². The monoisotopic (exact) mass is 347 g/mol. The Kier molecular flexibility index (Phi) is 5.29. The van der Waals surface area contributed by atoms with Crippen LogP contribution in [0.4, 0.5) is 10.5 Å². The molecule has 5 nitrogen and oxygen atoms in total. The van der Waals surface area contributed by atoms with Crippen LogP contribution in [-0.2, 0) is 11.3 Å². The first-order valence-electron chi connectivity index (χ1n) is 8.04. The third kappa shape index (κ3) is 4.27.